The van der Waals surface area contributed by atoms with Crippen molar-refractivity contribution >= 4 is 11.8 Å². The molecule has 2 N–H and O–H groups in total. The summed E-state index contributed by atoms with van der Waals surface area (Å²) < 4.78 is 23.3. The molecule has 4 fully saturated rings. The first-order valence-electron chi connectivity index (χ1n) is 14.4. The minimum atomic E-state index is -1.99. The van der Waals surface area contributed by atoms with Crippen LogP contribution in [-0.4, -0.2) is 56.5 Å². The van der Waals surface area contributed by atoms with Crippen LogP contribution in [-0.2, 0) is 21.0 Å². The highest BCUT2D eigenvalue weighted by Gasteiger charge is 2.79. The summed E-state index contributed by atoms with van der Waals surface area (Å²) in [5, 5.41) is 24.0. The zero-order valence-corrected chi connectivity index (χ0v) is 23.9. The van der Waals surface area contributed by atoms with Crippen molar-refractivity contribution in [3.8, 4) is 5.75 Å². The highest BCUT2D eigenvalue weighted by atomic mass is 19.1. The Morgan fingerprint density at radius 3 is 2.55 bits per heavy atom. The van der Waals surface area contributed by atoms with Crippen molar-refractivity contribution in [2.75, 3.05) is 6.54 Å². The number of aliphatic carboxylic acids is 1. The third kappa shape index (κ3) is 3.64. The van der Waals surface area contributed by atoms with E-state index in [1.165, 1.54) is 12.2 Å². The SMILES string of the molecule is CC(C)(C)Oc1ccc(CN2C[C@@H]3C[C@H]4[C@@H]5CCC6=CC(=O)C=C[C@]6(C)[C@@]5(F)[C@@H](O)C[C@]4(C)[C@]3(C(=O)O)O2)cc1. The molecule has 5 aliphatic rings. The van der Waals surface area contributed by atoms with Gasteiger partial charge in [0.25, 0.3) is 0 Å². The van der Waals surface area contributed by atoms with Crippen molar-refractivity contribution in [3.63, 3.8) is 0 Å². The Labute approximate surface area is 235 Å². The van der Waals surface area contributed by atoms with Gasteiger partial charge in [-0.05, 0) is 89.1 Å². The monoisotopic (exact) mass is 553 g/mol. The second-order valence-corrected chi connectivity index (χ2v) is 14.0. The number of carbonyl (C=O) groups is 2. The number of rotatable bonds is 4. The number of carboxylic acids is 1. The fourth-order valence-corrected chi connectivity index (χ4v) is 9.00. The highest BCUT2D eigenvalue weighted by molar-refractivity contribution is 6.01. The van der Waals surface area contributed by atoms with Crippen LogP contribution in [0.1, 0.15) is 65.9 Å². The van der Waals surface area contributed by atoms with Crippen LogP contribution in [0.5, 0.6) is 5.75 Å². The normalized spacial score (nSPS) is 42.5. The molecule has 6 rings (SSSR count). The molecule has 8 atom stereocenters. The summed E-state index contributed by atoms with van der Waals surface area (Å²) in [6.45, 7) is 10.4. The molecule has 0 aromatic heterocycles. The van der Waals surface area contributed by atoms with E-state index >= 15 is 4.39 Å². The average molecular weight is 554 g/mol. The number of nitrogens with zero attached hydrogens (tertiary/aromatic N) is 1. The summed E-state index contributed by atoms with van der Waals surface area (Å²) in [7, 11) is 0. The molecule has 0 radical (unpaired) electrons. The second-order valence-electron chi connectivity index (χ2n) is 14.0. The van der Waals surface area contributed by atoms with Crippen LogP contribution in [0, 0.1) is 28.6 Å². The molecule has 1 heterocycles. The van der Waals surface area contributed by atoms with Crippen LogP contribution in [0.25, 0.3) is 0 Å². The van der Waals surface area contributed by atoms with Crippen molar-refractivity contribution in [1.82, 2.24) is 5.06 Å². The van der Waals surface area contributed by atoms with E-state index in [4.69, 9.17) is 9.57 Å². The van der Waals surface area contributed by atoms with Crippen LogP contribution >= 0.6 is 0 Å². The number of carbonyl (C=O) groups excluding carboxylic acids is 1. The summed E-state index contributed by atoms with van der Waals surface area (Å²) in [6, 6.07) is 7.71. The van der Waals surface area contributed by atoms with E-state index in [2.05, 4.69) is 0 Å². The van der Waals surface area contributed by atoms with E-state index in [0.29, 0.717) is 37.9 Å². The number of ketones is 1. The summed E-state index contributed by atoms with van der Waals surface area (Å²) in [5.74, 6) is -1.61. The van der Waals surface area contributed by atoms with Crippen molar-refractivity contribution in [1.29, 1.82) is 0 Å². The topological polar surface area (TPSA) is 96.3 Å². The standard InChI is InChI=1S/C32H40FNO6/c1-28(2,3)39-23-9-6-19(7-10-23)17-34-18-21-15-25-24-11-8-20-14-22(35)12-13-29(20,4)31(24,33)26(36)16-30(25,5)32(21,40-34)27(37)38/h6-7,9-10,12-14,21,24-26,36H,8,11,15-18H2,1-5H3,(H,37,38)/t21-,24-,25-,26-,29-,30-,31-,32-/m0/s1. The molecular weight excluding hydrogens is 513 g/mol. The maximum atomic E-state index is 17.4. The predicted molar refractivity (Wildman–Crippen MR) is 146 cm³/mol. The first-order valence-corrected chi connectivity index (χ1v) is 14.4. The maximum Gasteiger partial charge on any atom is 0.339 e. The van der Waals surface area contributed by atoms with Gasteiger partial charge < -0.3 is 14.9 Å². The summed E-state index contributed by atoms with van der Waals surface area (Å²) >= 11 is 0. The lowest BCUT2D eigenvalue weighted by Gasteiger charge is -2.62. The molecule has 4 aliphatic carbocycles. The van der Waals surface area contributed by atoms with Gasteiger partial charge in [0, 0.05) is 35.8 Å². The number of hydrogen-bond donors (Lipinski definition) is 2. The van der Waals surface area contributed by atoms with E-state index in [1.807, 2.05) is 52.0 Å². The first-order chi connectivity index (χ1) is 18.6. The number of ether oxygens (including phenoxy) is 1. The van der Waals surface area contributed by atoms with Crippen LogP contribution < -0.4 is 4.74 Å². The Morgan fingerprint density at radius 1 is 1.20 bits per heavy atom. The lowest BCUT2D eigenvalue weighted by Crippen LogP contribution is -2.69. The van der Waals surface area contributed by atoms with Gasteiger partial charge in [-0.15, -0.1) is 0 Å². The molecule has 8 heteroatoms. The van der Waals surface area contributed by atoms with E-state index in [-0.39, 0.29) is 29.6 Å². The summed E-state index contributed by atoms with van der Waals surface area (Å²) in [6.07, 6.45) is 4.65. The second kappa shape index (κ2) is 8.73. The van der Waals surface area contributed by atoms with Gasteiger partial charge in [0.2, 0.25) is 0 Å². The number of carboxylic acid groups (broad SMARTS) is 1. The molecule has 216 valence electrons. The Bertz CT molecular complexity index is 1300. The van der Waals surface area contributed by atoms with E-state index < -0.39 is 40.1 Å². The summed E-state index contributed by atoms with van der Waals surface area (Å²) in [5.41, 5.74) is -4.24. The van der Waals surface area contributed by atoms with Gasteiger partial charge in [-0.2, -0.15) is 5.06 Å². The molecule has 0 unspecified atom stereocenters. The molecule has 40 heavy (non-hydrogen) atoms. The van der Waals surface area contributed by atoms with E-state index in [9.17, 15) is 19.8 Å². The zero-order chi connectivity index (χ0) is 28.9. The molecule has 3 saturated carbocycles. The van der Waals surface area contributed by atoms with E-state index in [1.54, 1.807) is 18.1 Å². The van der Waals surface area contributed by atoms with Gasteiger partial charge in [-0.3, -0.25) is 9.63 Å². The maximum absolute atomic E-state index is 17.4. The summed E-state index contributed by atoms with van der Waals surface area (Å²) in [4.78, 5) is 31.6. The number of halogens is 1. The number of aliphatic hydroxyl groups excluding tert-OH is 1. The van der Waals surface area contributed by atoms with E-state index in [0.717, 1.165) is 11.3 Å². The van der Waals surface area contributed by atoms with Crippen LogP contribution in [0.3, 0.4) is 0 Å². The third-order valence-electron chi connectivity index (χ3n) is 10.7. The third-order valence-corrected chi connectivity index (χ3v) is 10.7. The number of benzene rings is 1. The van der Waals surface area contributed by atoms with Crippen molar-refractivity contribution in [2.45, 2.75) is 89.8 Å². The van der Waals surface area contributed by atoms with Crippen molar-refractivity contribution in [2.24, 2.45) is 28.6 Å². The molecule has 7 nitrogen and oxygen atoms in total. The Morgan fingerprint density at radius 2 is 1.90 bits per heavy atom. The minimum absolute atomic E-state index is 0.0230. The average Bonchev–Trinajstić information content (AvgIpc) is 3.33. The number of allylic oxidation sites excluding steroid dienone is 4. The van der Waals surface area contributed by atoms with Gasteiger partial charge in [0.05, 0.1) is 6.10 Å². The van der Waals surface area contributed by atoms with Gasteiger partial charge in [0.1, 0.15) is 11.4 Å². The van der Waals surface area contributed by atoms with Crippen LogP contribution in [0.15, 0.2) is 48.1 Å². The Balaban J connectivity index is 1.28. The lowest BCUT2D eigenvalue weighted by atomic mass is 9.45. The van der Waals surface area contributed by atoms with Crippen molar-refractivity contribution < 1.29 is 33.8 Å². The highest BCUT2D eigenvalue weighted by Crippen LogP contribution is 2.72. The number of hydrogen-bond acceptors (Lipinski definition) is 6. The van der Waals surface area contributed by atoms with Crippen molar-refractivity contribution in [3.05, 3.63) is 53.6 Å². The number of fused-ring (bicyclic) bond motifs is 7. The molecule has 1 aromatic rings. The minimum Gasteiger partial charge on any atom is -0.488 e. The van der Waals surface area contributed by atoms with Crippen LogP contribution in [0.2, 0.25) is 0 Å². The quantitative estimate of drug-likeness (QED) is 0.540. The molecule has 1 saturated heterocycles. The molecule has 1 aliphatic heterocycles. The zero-order valence-electron chi connectivity index (χ0n) is 23.9. The molecule has 0 bridgehead atoms. The van der Waals surface area contributed by atoms with Gasteiger partial charge in [-0.25, -0.2) is 9.18 Å². The lowest BCUT2D eigenvalue weighted by molar-refractivity contribution is -0.274. The van der Waals surface area contributed by atoms with Gasteiger partial charge in [-0.1, -0.05) is 30.7 Å². The van der Waals surface area contributed by atoms with Crippen LogP contribution in [0.4, 0.5) is 4.39 Å². The molecule has 1 aromatic carbocycles. The number of alkyl halides is 1. The number of aliphatic hydroxyl groups is 1. The number of hydroxylamine groups is 2. The molecular formula is C32H40FNO6. The molecule has 0 amide bonds. The fourth-order valence-electron chi connectivity index (χ4n) is 9.00. The van der Waals surface area contributed by atoms with Gasteiger partial charge in [0.15, 0.2) is 17.1 Å². The van der Waals surface area contributed by atoms with Gasteiger partial charge >= 0.3 is 5.97 Å². The predicted octanol–water partition coefficient (Wildman–Crippen LogP) is 5.03. The fraction of sp³-hybridized carbons (Fsp3) is 0.625. The largest absolute Gasteiger partial charge is 0.488 e. The molecule has 0 spiro atoms. The first kappa shape index (κ1) is 27.6. The Hall–Kier alpha value is -2.55. The smallest absolute Gasteiger partial charge is 0.339 e. The Kier molecular flexibility index (Phi) is 6.02.